The van der Waals surface area contributed by atoms with Gasteiger partial charge >= 0.3 is 5.97 Å². The van der Waals surface area contributed by atoms with Crippen molar-refractivity contribution >= 4 is 5.97 Å². The first-order chi connectivity index (χ1) is 6.59. The van der Waals surface area contributed by atoms with Crippen molar-refractivity contribution in [2.24, 2.45) is 0 Å². The highest BCUT2D eigenvalue weighted by Crippen LogP contribution is 2.30. The first-order valence-corrected chi connectivity index (χ1v) is 4.59. The minimum atomic E-state index is -1.16. The van der Waals surface area contributed by atoms with Crippen molar-refractivity contribution in [2.45, 2.75) is 25.7 Å². The van der Waals surface area contributed by atoms with Gasteiger partial charge in [0.15, 0.2) is 0 Å². The molecule has 0 aliphatic heterocycles. The van der Waals surface area contributed by atoms with Crippen LogP contribution in [0.2, 0.25) is 0 Å². The summed E-state index contributed by atoms with van der Waals surface area (Å²) in [4.78, 5) is 24.6. The van der Waals surface area contributed by atoms with E-state index in [1.165, 1.54) is 6.07 Å². The third-order valence-corrected chi connectivity index (χ3v) is 2.75. The van der Waals surface area contributed by atoms with Gasteiger partial charge in [0.2, 0.25) is 0 Å². The Kier molecular flexibility index (Phi) is 1.91. The van der Waals surface area contributed by atoms with E-state index in [1.807, 2.05) is 6.92 Å². The third kappa shape index (κ3) is 1.23. The molecule has 1 aliphatic carbocycles. The average molecular weight is 193 g/mol. The molecule has 2 N–H and O–H groups in total. The van der Waals surface area contributed by atoms with Crippen molar-refractivity contribution in [1.29, 1.82) is 0 Å². The van der Waals surface area contributed by atoms with E-state index in [2.05, 4.69) is 4.98 Å². The van der Waals surface area contributed by atoms with Gasteiger partial charge in [-0.15, -0.1) is 0 Å². The van der Waals surface area contributed by atoms with E-state index in [4.69, 9.17) is 5.11 Å². The Hall–Kier alpha value is -1.58. The molecular weight excluding hydrogens is 182 g/mol. The lowest BCUT2D eigenvalue weighted by molar-refractivity contribution is 0.0695. The molecule has 74 valence electrons. The summed E-state index contributed by atoms with van der Waals surface area (Å²) in [5.41, 5.74) is 1.22. The summed E-state index contributed by atoms with van der Waals surface area (Å²) in [7, 11) is 0. The number of pyridine rings is 1. The third-order valence-electron chi connectivity index (χ3n) is 2.75. The summed E-state index contributed by atoms with van der Waals surface area (Å²) in [6.45, 7) is 2.04. The highest BCUT2D eigenvalue weighted by Gasteiger charge is 2.22. The van der Waals surface area contributed by atoms with Crippen LogP contribution in [-0.2, 0) is 6.42 Å². The van der Waals surface area contributed by atoms with Crippen LogP contribution in [0.4, 0.5) is 0 Å². The second kappa shape index (κ2) is 2.97. The summed E-state index contributed by atoms with van der Waals surface area (Å²) < 4.78 is 0. The Balaban J connectivity index is 2.63. The van der Waals surface area contributed by atoms with Gasteiger partial charge in [0.05, 0.1) is 0 Å². The second-order valence-corrected chi connectivity index (χ2v) is 3.69. The average Bonchev–Trinajstić information content (AvgIpc) is 2.46. The number of fused-ring (bicyclic) bond motifs is 1. The summed E-state index contributed by atoms with van der Waals surface area (Å²) >= 11 is 0. The Labute approximate surface area is 80.6 Å². The molecule has 1 aliphatic rings. The normalized spacial score (nSPS) is 19.4. The van der Waals surface area contributed by atoms with E-state index in [0.717, 1.165) is 24.1 Å². The zero-order chi connectivity index (χ0) is 10.3. The number of carbonyl (C=O) groups is 1. The van der Waals surface area contributed by atoms with Crippen molar-refractivity contribution in [3.05, 3.63) is 33.2 Å². The van der Waals surface area contributed by atoms with Crippen molar-refractivity contribution in [2.75, 3.05) is 0 Å². The standard InChI is InChI=1S/C10H11NO3/c1-5-2-3-8-6(5)4-7(10(13)14)9(12)11-8/h4-5H,2-3H2,1H3,(H,11,12)(H,13,14). The van der Waals surface area contributed by atoms with Gasteiger partial charge in [-0.1, -0.05) is 6.92 Å². The molecule has 0 aromatic carbocycles. The number of hydrogen-bond acceptors (Lipinski definition) is 2. The highest BCUT2D eigenvalue weighted by atomic mass is 16.4. The molecule has 0 radical (unpaired) electrons. The molecule has 0 saturated carbocycles. The minimum Gasteiger partial charge on any atom is -0.477 e. The van der Waals surface area contributed by atoms with E-state index in [9.17, 15) is 9.59 Å². The number of hydrogen-bond donors (Lipinski definition) is 2. The number of nitrogens with one attached hydrogen (secondary N) is 1. The smallest absolute Gasteiger partial charge is 0.341 e. The van der Waals surface area contributed by atoms with E-state index in [1.54, 1.807) is 0 Å². The van der Waals surface area contributed by atoms with E-state index in [-0.39, 0.29) is 5.56 Å². The number of aromatic amines is 1. The Morgan fingerprint density at radius 1 is 1.64 bits per heavy atom. The van der Waals surface area contributed by atoms with Crippen molar-refractivity contribution in [3.8, 4) is 0 Å². The number of carboxylic acid groups (broad SMARTS) is 1. The Morgan fingerprint density at radius 3 is 3.00 bits per heavy atom. The summed E-state index contributed by atoms with van der Waals surface area (Å²) in [5, 5.41) is 8.76. The highest BCUT2D eigenvalue weighted by molar-refractivity contribution is 5.87. The van der Waals surface area contributed by atoms with Gasteiger partial charge in [0.1, 0.15) is 5.56 Å². The predicted octanol–water partition coefficient (Wildman–Crippen LogP) is 1.12. The second-order valence-electron chi connectivity index (χ2n) is 3.69. The zero-order valence-electron chi connectivity index (χ0n) is 7.83. The molecular formula is C10H11NO3. The SMILES string of the molecule is CC1CCc2[nH]c(=O)c(C(=O)O)cc21. The molecule has 0 amide bonds. The maximum Gasteiger partial charge on any atom is 0.341 e. The number of carboxylic acids is 1. The number of aromatic carboxylic acids is 1. The summed E-state index contributed by atoms with van der Waals surface area (Å²) in [6, 6.07) is 1.51. The van der Waals surface area contributed by atoms with Gasteiger partial charge in [-0.25, -0.2) is 4.79 Å². The maximum atomic E-state index is 11.3. The van der Waals surface area contributed by atoms with Crippen LogP contribution < -0.4 is 5.56 Å². The number of aryl methyl sites for hydroxylation is 1. The van der Waals surface area contributed by atoms with E-state index in [0.29, 0.717) is 5.92 Å². The fourth-order valence-electron chi connectivity index (χ4n) is 1.91. The number of H-pyrrole nitrogens is 1. The fourth-order valence-corrected chi connectivity index (χ4v) is 1.91. The van der Waals surface area contributed by atoms with Crippen LogP contribution in [0.5, 0.6) is 0 Å². The quantitative estimate of drug-likeness (QED) is 0.702. The molecule has 0 saturated heterocycles. The summed E-state index contributed by atoms with van der Waals surface area (Å²) in [5.74, 6) is -0.812. The van der Waals surface area contributed by atoms with Crippen LogP contribution in [0.25, 0.3) is 0 Å². The molecule has 4 nitrogen and oxygen atoms in total. The molecule has 1 heterocycles. The van der Waals surface area contributed by atoms with Gasteiger partial charge in [0, 0.05) is 5.69 Å². The van der Waals surface area contributed by atoms with Crippen LogP contribution >= 0.6 is 0 Å². The zero-order valence-corrected chi connectivity index (χ0v) is 7.83. The van der Waals surface area contributed by atoms with Gasteiger partial charge in [-0.3, -0.25) is 4.79 Å². The largest absolute Gasteiger partial charge is 0.477 e. The maximum absolute atomic E-state index is 11.3. The molecule has 1 aromatic rings. The monoisotopic (exact) mass is 193 g/mol. The predicted molar refractivity (Wildman–Crippen MR) is 50.8 cm³/mol. The van der Waals surface area contributed by atoms with Crippen LogP contribution in [0.1, 0.15) is 40.9 Å². The van der Waals surface area contributed by atoms with E-state index >= 15 is 0 Å². The molecule has 14 heavy (non-hydrogen) atoms. The molecule has 1 unspecified atom stereocenters. The van der Waals surface area contributed by atoms with Crippen LogP contribution in [0.15, 0.2) is 10.9 Å². The van der Waals surface area contributed by atoms with Crippen molar-refractivity contribution in [1.82, 2.24) is 4.98 Å². The lowest BCUT2D eigenvalue weighted by Crippen LogP contribution is -2.19. The molecule has 1 aromatic heterocycles. The van der Waals surface area contributed by atoms with Crippen molar-refractivity contribution in [3.63, 3.8) is 0 Å². The number of rotatable bonds is 1. The lowest BCUT2D eigenvalue weighted by Gasteiger charge is -2.04. The van der Waals surface area contributed by atoms with Gasteiger partial charge in [0.25, 0.3) is 5.56 Å². The van der Waals surface area contributed by atoms with Crippen LogP contribution in [0, 0.1) is 0 Å². The molecule has 2 rings (SSSR count). The van der Waals surface area contributed by atoms with Crippen molar-refractivity contribution < 1.29 is 9.90 Å². The molecule has 0 spiro atoms. The van der Waals surface area contributed by atoms with Crippen LogP contribution in [0.3, 0.4) is 0 Å². The van der Waals surface area contributed by atoms with E-state index < -0.39 is 11.5 Å². The minimum absolute atomic E-state index is 0.155. The van der Waals surface area contributed by atoms with Crippen LogP contribution in [-0.4, -0.2) is 16.1 Å². The molecule has 0 bridgehead atoms. The topological polar surface area (TPSA) is 70.2 Å². The first-order valence-electron chi connectivity index (χ1n) is 4.59. The Morgan fingerprint density at radius 2 is 2.36 bits per heavy atom. The van der Waals surface area contributed by atoms with Gasteiger partial charge < -0.3 is 10.1 Å². The Bertz CT molecular complexity index is 447. The molecule has 4 heteroatoms. The lowest BCUT2D eigenvalue weighted by atomic mass is 10.0. The van der Waals surface area contributed by atoms with Gasteiger partial charge in [-0.05, 0) is 30.4 Å². The van der Waals surface area contributed by atoms with Gasteiger partial charge in [-0.2, -0.15) is 0 Å². The summed E-state index contributed by atoms with van der Waals surface area (Å²) in [6.07, 6.45) is 1.82. The molecule has 1 atom stereocenters. The molecule has 0 fully saturated rings. The fraction of sp³-hybridized carbons (Fsp3) is 0.400. The number of aromatic nitrogens is 1. The first kappa shape index (κ1) is 8.99.